The van der Waals surface area contributed by atoms with Gasteiger partial charge in [-0.15, -0.1) is 11.3 Å². The SMILES string of the molecule is CC[SH](c1sc(-c2ccc(C(F)(F)F)cc2)nc1C)c1c(F)cccc1Cl. The van der Waals surface area contributed by atoms with E-state index < -0.39 is 22.6 Å². The number of hydrogen-bond donors (Lipinski definition) is 1. The van der Waals surface area contributed by atoms with Crippen LogP contribution in [-0.4, -0.2) is 10.7 Å². The van der Waals surface area contributed by atoms with Gasteiger partial charge in [-0.3, -0.25) is 0 Å². The van der Waals surface area contributed by atoms with Crippen molar-refractivity contribution < 1.29 is 17.6 Å². The molecule has 1 nitrogen and oxygen atoms in total. The van der Waals surface area contributed by atoms with Gasteiger partial charge in [0.2, 0.25) is 0 Å². The van der Waals surface area contributed by atoms with Gasteiger partial charge in [-0.1, -0.05) is 36.7 Å². The number of aromatic nitrogens is 1. The van der Waals surface area contributed by atoms with Gasteiger partial charge in [-0.25, -0.2) is 9.37 Å². The van der Waals surface area contributed by atoms with Crippen LogP contribution in [0.2, 0.25) is 5.02 Å². The summed E-state index contributed by atoms with van der Waals surface area (Å²) in [6, 6.07) is 9.53. The van der Waals surface area contributed by atoms with Crippen LogP contribution in [0.4, 0.5) is 17.6 Å². The Morgan fingerprint density at radius 1 is 1.11 bits per heavy atom. The molecule has 0 N–H and O–H groups in total. The average Bonchev–Trinajstić information content (AvgIpc) is 2.99. The molecule has 0 aliphatic rings. The van der Waals surface area contributed by atoms with E-state index in [0.29, 0.717) is 26.2 Å². The van der Waals surface area contributed by atoms with Crippen LogP contribution >= 0.6 is 33.8 Å². The second-order valence-corrected chi connectivity index (χ2v) is 9.89. The summed E-state index contributed by atoms with van der Waals surface area (Å²) in [6.45, 7) is 3.80. The lowest BCUT2D eigenvalue weighted by molar-refractivity contribution is -0.137. The molecule has 144 valence electrons. The number of hydrogen-bond acceptors (Lipinski definition) is 2. The van der Waals surface area contributed by atoms with Crippen LogP contribution < -0.4 is 0 Å². The molecule has 0 saturated heterocycles. The van der Waals surface area contributed by atoms with E-state index >= 15 is 0 Å². The van der Waals surface area contributed by atoms with Crippen LogP contribution in [0.25, 0.3) is 10.6 Å². The molecule has 3 aromatic rings. The van der Waals surface area contributed by atoms with Gasteiger partial charge in [-0.2, -0.15) is 24.1 Å². The number of benzene rings is 2. The normalized spacial score (nSPS) is 13.7. The molecular formula is C19H16ClF4NS2. The summed E-state index contributed by atoms with van der Waals surface area (Å²) in [7, 11) is -1.04. The van der Waals surface area contributed by atoms with Gasteiger partial charge in [0.1, 0.15) is 10.8 Å². The van der Waals surface area contributed by atoms with Crippen molar-refractivity contribution >= 4 is 33.8 Å². The van der Waals surface area contributed by atoms with Gasteiger partial charge in [-0.05, 0) is 36.9 Å². The Kier molecular flexibility index (Phi) is 5.84. The van der Waals surface area contributed by atoms with Gasteiger partial charge in [0.05, 0.1) is 20.5 Å². The van der Waals surface area contributed by atoms with Crippen LogP contribution in [0.15, 0.2) is 51.6 Å². The van der Waals surface area contributed by atoms with Gasteiger partial charge in [0.15, 0.2) is 0 Å². The van der Waals surface area contributed by atoms with Crippen molar-refractivity contribution in [2.24, 2.45) is 0 Å². The van der Waals surface area contributed by atoms with E-state index in [9.17, 15) is 17.6 Å². The number of aryl methyl sites for hydroxylation is 1. The highest BCUT2D eigenvalue weighted by molar-refractivity contribution is 8.18. The minimum atomic E-state index is -4.37. The number of rotatable bonds is 4. The average molecular weight is 434 g/mol. The lowest BCUT2D eigenvalue weighted by Gasteiger charge is -2.21. The first-order chi connectivity index (χ1) is 12.7. The number of alkyl halides is 3. The summed E-state index contributed by atoms with van der Waals surface area (Å²) < 4.78 is 53.6. The van der Waals surface area contributed by atoms with Gasteiger partial charge in [0, 0.05) is 10.5 Å². The molecule has 0 saturated carbocycles. The van der Waals surface area contributed by atoms with Gasteiger partial charge < -0.3 is 0 Å². The van der Waals surface area contributed by atoms with Crippen LogP contribution in [0, 0.1) is 12.7 Å². The molecule has 1 aromatic heterocycles. The third kappa shape index (κ3) is 4.15. The summed E-state index contributed by atoms with van der Waals surface area (Å²) >= 11 is 7.63. The quantitative estimate of drug-likeness (QED) is 0.335. The van der Waals surface area contributed by atoms with E-state index in [1.165, 1.54) is 29.5 Å². The van der Waals surface area contributed by atoms with Crippen molar-refractivity contribution in [3.8, 4) is 10.6 Å². The molecule has 0 spiro atoms. The lowest BCUT2D eigenvalue weighted by atomic mass is 10.1. The Bertz CT molecular complexity index is 931. The Morgan fingerprint density at radius 3 is 2.33 bits per heavy atom. The Hall–Kier alpha value is -1.57. The van der Waals surface area contributed by atoms with E-state index in [4.69, 9.17) is 11.6 Å². The minimum absolute atomic E-state index is 0.348. The summed E-state index contributed by atoms with van der Waals surface area (Å²) in [5.41, 5.74) is 0.656. The predicted molar refractivity (Wildman–Crippen MR) is 105 cm³/mol. The van der Waals surface area contributed by atoms with E-state index in [2.05, 4.69) is 4.98 Å². The summed E-state index contributed by atoms with van der Waals surface area (Å²) in [5, 5.41) is 0.997. The van der Waals surface area contributed by atoms with Crippen LogP contribution in [0.5, 0.6) is 0 Å². The van der Waals surface area contributed by atoms with Crippen LogP contribution in [0.3, 0.4) is 0 Å². The molecule has 27 heavy (non-hydrogen) atoms. The van der Waals surface area contributed by atoms with Gasteiger partial charge >= 0.3 is 6.18 Å². The predicted octanol–water partition coefficient (Wildman–Crippen LogP) is 7.37. The summed E-state index contributed by atoms with van der Waals surface area (Å²) in [5.74, 6) is 0.338. The third-order valence-electron chi connectivity index (χ3n) is 4.00. The molecule has 0 aliphatic carbocycles. The highest BCUT2D eigenvalue weighted by Crippen LogP contribution is 2.53. The van der Waals surface area contributed by atoms with Gasteiger partial charge in [0.25, 0.3) is 0 Å². The first kappa shape index (κ1) is 20.2. The molecule has 0 amide bonds. The number of halogens is 5. The molecule has 3 rings (SSSR count). The number of nitrogens with zero attached hydrogens (tertiary/aromatic N) is 1. The van der Waals surface area contributed by atoms with E-state index in [1.54, 1.807) is 12.1 Å². The Balaban J connectivity index is 2.01. The zero-order chi connectivity index (χ0) is 19.8. The van der Waals surface area contributed by atoms with E-state index in [-0.39, 0.29) is 5.82 Å². The maximum absolute atomic E-state index is 14.4. The molecule has 1 unspecified atom stereocenters. The zero-order valence-electron chi connectivity index (χ0n) is 14.4. The molecular weight excluding hydrogens is 418 g/mol. The molecule has 0 bridgehead atoms. The maximum Gasteiger partial charge on any atom is 0.416 e. The standard InChI is InChI=1S/C19H16ClF4NS2/c1-3-27(16-14(20)5-4-6-15(16)21)18-11(2)25-17(26-18)12-7-9-13(10-8-12)19(22,23)24/h4-10,27H,3H2,1-2H3. The van der Waals surface area contributed by atoms with Crippen LogP contribution in [-0.2, 0) is 6.18 Å². The summed E-state index contributed by atoms with van der Waals surface area (Å²) in [6.07, 6.45) is -4.37. The number of thiazole rings is 1. The third-order valence-corrected chi connectivity index (χ3v) is 8.83. The largest absolute Gasteiger partial charge is 0.416 e. The fraction of sp³-hybridized carbons (Fsp3) is 0.211. The molecule has 0 aliphatic heterocycles. The monoisotopic (exact) mass is 433 g/mol. The molecule has 1 heterocycles. The molecule has 8 heteroatoms. The van der Waals surface area contributed by atoms with Crippen molar-refractivity contribution in [3.05, 3.63) is 64.6 Å². The molecule has 0 radical (unpaired) electrons. The lowest BCUT2D eigenvalue weighted by Crippen LogP contribution is -2.03. The zero-order valence-corrected chi connectivity index (χ0v) is 16.9. The smallest absolute Gasteiger partial charge is 0.240 e. The Morgan fingerprint density at radius 2 is 1.78 bits per heavy atom. The highest BCUT2D eigenvalue weighted by atomic mass is 35.5. The highest BCUT2D eigenvalue weighted by Gasteiger charge is 2.30. The van der Waals surface area contributed by atoms with Crippen molar-refractivity contribution in [1.29, 1.82) is 0 Å². The first-order valence-electron chi connectivity index (χ1n) is 8.09. The minimum Gasteiger partial charge on any atom is -0.240 e. The molecule has 1 atom stereocenters. The van der Waals surface area contributed by atoms with Crippen molar-refractivity contribution in [2.75, 3.05) is 5.75 Å². The van der Waals surface area contributed by atoms with E-state index in [0.717, 1.165) is 22.0 Å². The fourth-order valence-corrected chi connectivity index (χ4v) is 7.27. The first-order valence-corrected chi connectivity index (χ1v) is 10.8. The van der Waals surface area contributed by atoms with E-state index in [1.807, 2.05) is 13.8 Å². The number of thiol groups is 1. The van der Waals surface area contributed by atoms with Crippen LogP contribution in [0.1, 0.15) is 18.2 Å². The van der Waals surface area contributed by atoms with Crippen molar-refractivity contribution in [1.82, 2.24) is 4.98 Å². The molecule has 2 aromatic carbocycles. The van der Waals surface area contributed by atoms with Crippen molar-refractivity contribution in [3.63, 3.8) is 0 Å². The second-order valence-electron chi connectivity index (χ2n) is 5.80. The summed E-state index contributed by atoms with van der Waals surface area (Å²) in [4.78, 5) is 5.00. The molecule has 0 fully saturated rings. The van der Waals surface area contributed by atoms with Crippen molar-refractivity contribution in [2.45, 2.75) is 29.1 Å². The maximum atomic E-state index is 14.4. The topological polar surface area (TPSA) is 12.9 Å². The Labute approximate surface area is 166 Å². The second kappa shape index (κ2) is 7.81. The fourth-order valence-electron chi connectivity index (χ4n) is 2.71.